The number of aromatic hydroxyl groups is 1. The molecule has 0 radical (unpaired) electrons. The molecular formula is C13H6Cl2N4O2. The van der Waals surface area contributed by atoms with Crippen LogP contribution in [-0.4, -0.2) is 10.1 Å². The van der Waals surface area contributed by atoms with Crippen LogP contribution in [0.2, 0.25) is 10.0 Å². The predicted octanol–water partition coefficient (Wildman–Crippen LogP) is 2.38. The van der Waals surface area contributed by atoms with E-state index in [1.54, 1.807) is 12.1 Å². The number of phenols is 1. The molecular weight excluding hydrogens is 315 g/mol. The van der Waals surface area contributed by atoms with Crippen molar-refractivity contribution >= 4 is 29.0 Å². The molecule has 1 heterocycles. The average molecular weight is 321 g/mol. The minimum absolute atomic E-state index is 0.00132. The van der Waals surface area contributed by atoms with Gasteiger partial charge in [-0.15, -0.1) is 0 Å². The van der Waals surface area contributed by atoms with Crippen molar-refractivity contribution < 1.29 is 5.11 Å². The molecule has 1 aromatic carbocycles. The molecule has 0 unspecified atom stereocenters. The van der Waals surface area contributed by atoms with Gasteiger partial charge >= 0.3 is 0 Å². The fourth-order valence-corrected chi connectivity index (χ4v) is 2.32. The van der Waals surface area contributed by atoms with Crippen molar-refractivity contribution in [3.8, 4) is 29.0 Å². The minimum Gasteiger partial charge on any atom is -0.506 e. The molecule has 0 bridgehead atoms. The number of nitrogens with zero attached hydrogens (tertiary/aromatic N) is 2. The van der Waals surface area contributed by atoms with Crippen molar-refractivity contribution in [2.45, 2.75) is 0 Å². The lowest BCUT2D eigenvalue weighted by molar-refractivity contribution is 0.476. The third-order valence-corrected chi connectivity index (χ3v) is 3.39. The van der Waals surface area contributed by atoms with Crippen molar-refractivity contribution in [1.82, 2.24) is 4.98 Å². The van der Waals surface area contributed by atoms with Crippen LogP contribution in [0.4, 0.5) is 5.82 Å². The van der Waals surface area contributed by atoms with Gasteiger partial charge in [0.25, 0.3) is 5.56 Å². The van der Waals surface area contributed by atoms with Crippen molar-refractivity contribution in [1.29, 1.82) is 10.5 Å². The third kappa shape index (κ3) is 2.38. The Morgan fingerprint density at radius 3 is 2.33 bits per heavy atom. The summed E-state index contributed by atoms with van der Waals surface area (Å²) >= 11 is 11.8. The van der Waals surface area contributed by atoms with Crippen molar-refractivity contribution in [3.05, 3.63) is 43.7 Å². The van der Waals surface area contributed by atoms with Gasteiger partial charge in [0.15, 0.2) is 0 Å². The molecule has 0 atom stereocenters. The first-order valence-corrected chi connectivity index (χ1v) is 6.20. The zero-order chi connectivity index (χ0) is 15.7. The van der Waals surface area contributed by atoms with Crippen molar-refractivity contribution in [3.63, 3.8) is 0 Å². The Balaban J connectivity index is 3.00. The molecule has 104 valence electrons. The summed E-state index contributed by atoms with van der Waals surface area (Å²) in [5.74, 6) is -0.496. The zero-order valence-corrected chi connectivity index (χ0v) is 11.7. The molecule has 0 saturated carbocycles. The average Bonchev–Trinajstić information content (AvgIpc) is 2.42. The number of nitrogens with one attached hydrogen (secondary N) is 1. The summed E-state index contributed by atoms with van der Waals surface area (Å²) in [5.41, 5.74) is 4.46. The Labute approximate surface area is 128 Å². The molecule has 8 heteroatoms. The number of halogens is 2. The fourth-order valence-electron chi connectivity index (χ4n) is 1.84. The normalized spacial score (nSPS) is 9.90. The maximum Gasteiger partial charge on any atom is 0.268 e. The van der Waals surface area contributed by atoms with E-state index in [9.17, 15) is 15.2 Å². The summed E-state index contributed by atoms with van der Waals surface area (Å²) in [6, 6.07) is 5.92. The summed E-state index contributed by atoms with van der Waals surface area (Å²) < 4.78 is 0. The number of hydrogen-bond donors (Lipinski definition) is 3. The van der Waals surface area contributed by atoms with E-state index in [-0.39, 0.29) is 43.9 Å². The van der Waals surface area contributed by atoms with Crippen molar-refractivity contribution in [2.24, 2.45) is 0 Å². The molecule has 2 aromatic rings. The van der Waals surface area contributed by atoms with E-state index in [1.165, 1.54) is 12.1 Å². The largest absolute Gasteiger partial charge is 0.506 e. The van der Waals surface area contributed by atoms with Crippen LogP contribution in [0.15, 0.2) is 16.9 Å². The third-order valence-electron chi connectivity index (χ3n) is 2.77. The van der Waals surface area contributed by atoms with Crippen LogP contribution in [0.5, 0.6) is 5.75 Å². The molecule has 4 N–H and O–H groups in total. The van der Waals surface area contributed by atoms with Crippen LogP contribution >= 0.6 is 23.2 Å². The summed E-state index contributed by atoms with van der Waals surface area (Å²) in [7, 11) is 0. The Kier molecular flexibility index (Phi) is 3.77. The first-order valence-electron chi connectivity index (χ1n) is 5.45. The number of anilines is 1. The first-order chi connectivity index (χ1) is 9.90. The molecule has 0 aliphatic carbocycles. The van der Waals surface area contributed by atoms with Crippen molar-refractivity contribution in [2.75, 3.05) is 5.73 Å². The summed E-state index contributed by atoms with van der Waals surface area (Å²) in [6.45, 7) is 0. The lowest BCUT2D eigenvalue weighted by Gasteiger charge is -2.11. The number of aromatic amines is 1. The van der Waals surface area contributed by atoms with Crippen LogP contribution in [0.3, 0.4) is 0 Å². The molecule has 0 aliphatic rings. The maximum absolute atomic E-state index is 11.8. The number of nitriles is 2. The fraction of sp³-hybridized carbons (Fsp3) is 0. The predicted molar refractivity (Wildman–Crippen MR) is 78.0 cm³/mol. The quantitative estimate of drug-likeness (QED) is 0.743. The Bertz CT molecular complexity index is 891. The summed E-state index contributed by atoms with van der Waals surface area (Å²) in [4.78, 5) is 14.0. The number of phenolic OH excluding ortho intramolecular Hbond substituents is 1. The topological polar surface area (TPSA) is 127 Å². The summed E-state index contributed by atoms with van der Waals surface area (Å²) in [6.07, 6.45) is 0. The highest BCUT2D eigenvalue weighted by Gasteiger charge is 2.21. The molecule has 0 fully saturated rings. The number of aromatic nitrogens is 1. The second kappa shape index (κ2) is 5.37. The highest BCUT2D eigenvalue weighted by atomic mass is 35.5. The van der Waals surface area contributed by atoms with Crippen LogP contribution in [-0.2, 0) is 0 Å². The lowest BCUT2D eigenvalue weighted by atomic mass is 9.96. The number of rotatable bonds is 1. The number of H-pyrrole nitrogens is 1. The number of nitrogens with two attached hydrogens (primary N) is 1. The highest BCUT2D eigenvalue weighted by molar-refractivity contribution is 6.37. The number of pyridine rings is 1. The Hall–Kier alpha value is -2.67. The highest BCUT2D eigenvalue weighted by Crippen LogP contribution is 2.38. The second-order valence-corrected chi connectivity index (χ2v) is 4.81. The van der Waals surface area contributed by atoms with E-state index in [0.29, 0.717) is 0 Å². The van der Waals surface area contributed by atoms with Crippen LogP contribution in [0.25, 0.3) is 11.1 Å². The minimum atomic E-state index is -0.755. The molecule has 0 saturated heterocycles. The monoisotopic (exact) mass is 320 g/mol. The zero-order valence-electron chi connectivity index (χ0n) is 10.2. The van der Waals surface area contributed by atoms with E-state index in [4.69, 9.17) is 34.2 Å². The van der Waals surface area contributed by atoms with Gasteiger partial charge in [-0.3, -0.25) is 4.79 Å². The lowest BCUT2D eigenvalue weighted by Crippen LogP contribution is -2.16. The summed E-state index contributed by atoms with van der Waals surface area (Å²) in [5, 5.41) is 28.1. The van der Waals surface area contributed by atoms with Gasteiger partial charge in [0.05, 0.1) is 10.0 Å². The van der Waals surface area contributed by atoms with Crippen LogP contribution in [0, 0.1) is 22.7 Å². The van der Waals surface area contributed by atoms with Gasteiger partial charge in [-0.25, -0.2) is 0 Å². The van der Waals surface area contributed by atoms with Gasteiger partial charge in [-0.05, 0) is 12.1 Å². The van der Waals surface area contributed by atoms with E-state index in [0.717, 1.165) is 0 Å². The Morgan fingerprint density at radius 2 is 1.76 bits per heavy atom. The van der Waals surface area contributed by atoms with Gasteiger partial charge < -0.3 is 15.8 Å². The smallest absolute Gasteiger partial charge is 0.268 e. The van der Waals surface area contributed by atoms with E-state index in [2.05, 4.69) is 4.98 Å². The van der Waals surface area contributed by atoms with Gasteiger partial charge in [0, 0.05) is 11.1 Å². The molecule has 0 amide bonds. The number of hydrogen-bond acceptors (Lipinski definition) is 5. The molecule has 6 nitrogen and oxygen atoms in total. The van der Waals surface area contributed by atoms with Crippen LogP contribution in [0.1, 0.15) is 11.1 Å². The van der Waals surface area contributed by atoms with Gasteiger partial charge in [0.2, 0.25) is 0 Å². The molecule has 21 heavy (non-hydrogen) atoms. The van der Waals surface area contributed by atoms with Gasteiger partial charge in [-0.2, -0.15) is 10.5 Å². The van der Waals surface area contributed by atoms with Crippen LogP contribution < -0.4 is 11.3 Å². The first kappa shape index (κ1) is 14.7. The molecule has 1 aromatic heterocycles. The van der Waals surface area contributed by atoms with E-state index in [1.807, 2.05) is 0 Å². The Morgan fingerprint density at radius 1 is 1.14 bits per heavy atom. The van der Waals surface area contributed by atoms with Gasteiger partial charge in [-0.1, -0.05) is 23.2 Å². The van der Waals surface area contributed by atoms with E-state index >= 15 is 0 Å². The number of benzene rings is 1. The molecule has 0 spiro atoms. The molecule has 0 aliphatic heterocycles. The number of nitrogen functional groups attached to an aromatic ring is 1. The maximum atomic E-state index is 11.8. The SMILES string of the molecule is N#Cc1c(N)[nH]c(=O)c(C#N)c1-c1cc(O)c(Cl)cc1Cl. The standard InChI is InChI=1S/C13H6Cl2N4O2/c14-8-2-9(15)10(20)1-5(8)11-6(3-16)12(18)19-13(21)7(11)4-17/h1-2,20H,(H3,18,19,21). The second-order valence-electron chi connectivity index (χ2n) is 4.00. The van der Waals surface area contributed by atoms with E-state index < -0.39 is 5.56 Å². The molecule has 2 rings (SSSR count). The van der Waals surface area contributed by atoms with Gasteiger partial charge in [0.1, 0.15) is 34.8 Å².